The van der Waals surface area contributed by atoms with Gasteiger partial charge in [0.05, 0.1) is 13.2 Å². The Bertz CT molecular complexity index is 128. The normalized spacial score (nSPS) is 11.4. The van der Waals surface area contributed by atoms with Crippen molar-refractivity contribution in [2.24, 2.45) is 0 Å². The van der Waals surface area contributed by atoms with Gasteiger partial charge in [0.1, 0.15) is 15.3 Å². The highest BCUT2D eigenvalue weighted by atomic mass is 35.5. The van der Waals surface area contributed by atoms with Crippen molar-refractivity contribution < 1.29 is 13.9 Å². The molecule has 0 spiro atoms. The lowest BCUT2D eigenvalue weighted by atomic mass is 10.3. The van der Waals surface area contributed by atoms with Gasteiger partial charge in [-0.3, -0.25) is 0 Å². The molecule has 0 bridgehead atoms. The van der Waals surface area contributed by atoms with E-state index in [9.17, 15) is 0 Å². The smallest absolute Gasteiger partial charge is 0.145 e. The standard InChI is InChI=1S/C9H20Cl2O3Si/c10-9(11)3-1-4-12-7-8-13-5-2-6-14-15/h9H,1-8H2,15H3. The molecule has 0 aromatic rings. The van der Waals surface area contributed by atoms with Crippen LogP contribution in [0.25, 0.3) is 0 Å². The predicted molar refractivity (Wildman–Crippen MR) is 66.9 cm³/mol. The zero-order valence-electron chi connectivity index (χ0n) is 9.21. The lowest BCUT2D eigenvalue weighted by Crippen LogP contribution is -2.07. The summed E-state index contributed by atoms with van der Waals surface area (Å²) in [7, 11) is 0.806. The van der Waals surface area contributed by atoms with Gasteiger partial charge in [0, 0.05) is 19.8 Å². The minimum absolute atomic E-state index is 0.276. The maximum atomic E-state index is 5.56. The molecule has 0 aliphatic heterocycles. The van der Waals surface area contributed by atoms with Gasteiger partial charge in [-0.05, 0) is 19.3 Å². The number of halogens is 2. The first-order valence-corrected chi connectivity index (χ1v) is 6.89. The molecule has 3 nitrogen and oxygen atoms in total. The summed E-state index contributed by atoms with van der Waals surface area (Å²) in [6, 6.07) is 0. The molecule has 0 atom stereocenters. The maximum Gasteiger partial charge on any atom is 0.145 e. The van der Waals surface area contributed by atoms with E-state index in [0.29, 0.717) is 19.8 Å². The van der Waals surface area contributed by atoms with Gasteiger partial charge >= 0.3 is 0 Å². The number of hydrogen-bond acceptors (Lipinski definition) is 3. The van der Waals surface area contributed by atoms with E-state index < -0.39 is 0 Å². The average molecular weight is 275 g/mol. The number of alkyl halides is 2. The SMILES string of the molecule is [SiH3]OCCCOCCOCCCC(Cl)Cl. The fourth-order valence-electron chi connectivity index (χ4n) is 0.967. The van der Waals surface area contributed by atoms with Crippen LogP contribution in [0.2, 0.25) is 0 Å². The number of hydrogen-bond donors (Lipinski definition) is 0. The Balaban J connectivity index is 2.87. The van der Waals surface area contributed by atoms with E-state index in [1.54, 1.807) is 0 Å². The van der Waals surface area contributed by atoms with E-state index in [1.165, 1.54) is 0 Å². The third-order valence-corrected chi connectivity index (χ3v) is 2.56. The lowest BCUT2D eigenvalue weighted by molar-refractivity contribution is 0.0428. The molecule has 0 aliphatic carbocycles. The quantitative estimate of drug-likeness (QED) is 0.323. The Labute approximate surface area is 105 Å². The summed E-state index contributed by atoms with van der Waals surface area (Å²) in [6.07, 6.45) is 2.64. The molecule has 15 heavy (non-hydrogen) atoms. The third kappa shape index (κ3) is 14.7. The molecular formula is C9H20Cl2O3Si. The summed E-state index contributed by atoms with van der Waals surface area (Å²) in [4.78, 5) is -0.276. The zero-order chi connectivity index (χ0) is 11.4. The zero-order valence-corrected chi connectivity index (χ0v) is 12.7. The summed E-state index contributed by atoms with van der Waals surface area (Å²) in [5.74, 6) is 0. The van der Waals surface area contributed by atoms with E-state index in [2.05, 4.69) is 0 Å². The van der Waals surface area contributed by atoms with Crippen LogP contribution in [0.15, 0.2) is 0 Å². The monoisotopic (exact) mass is 274 g/mol. The summed E-state index contributed by atoms with van der Waals surface area (Å²) in [5.41, 5.74) is 0. The van der Waals surface area contributed by atoms with Gasteiger partial charge in [0.2, 0.25) is 0 Å². The topological polar surface area (TPSA) is 27.7 Å². The second kappa shape index (κ2) is 12.7. The first-order valence-electron chi connectivity index (χ1n) is 5.20. The largest absolute Gasteiger partial charge is 0.428 e. The maximum absolute atomic E-state index is 5.56. The van der Waals surface area contributed by atoms with Gasteiger partial charge in [-0.1, -0.05) is 0 Å². The molecule has 0 N–H and O–H groups in total. The Morgan fingerprint density at radius 2 is 1.47 bits per heavy atom. The molecule has 6 heteroatoms. The van der Waals surface area contributed by atoms with Crippen LogP contribution in [0.1, 0.15) is 19.3 Å². The van der Waals surface area contributed by atoms with Crippen LogP contribution in [0, 0.1) is 0 Å². The van der Waals surface area contributed by atoms with Crippen LogP contribution in [-0.4, -0.2) is 48.4 Å². The molecule has 0 amide bonds. The predicted octanol–water partition coefficient (Wildman–Crippen LogP) is 1.29. The lowest BCUT2D eigenvalue weighted by Gasteiger charge is -2.05. The van der Waals surface area contributed by atoms with Gasteiger partial charge in [0.25, 0.3) is 0 Å². The highest BCUT2D eigenvalue weighted by molar-refractivity contribution is 6.44. The molecule has 0 saturated heterocycles. The van der Waals surface area contributed by atoms with Crippen molar-refractivity contribution in [3.05, 3.63) is 0 Å². The van der Waals surface area contributed by atoms with Gasteiger partial charge in [-0.25, -0.2) is 0 Å². The Kier molecular flexibility index (Phi) is 13.3. The summed E-state index contributed by atoms with van der Waals surface area (Å²) < 4.78 is 15.7. The van der Waals surface area contributed by atoms with E-state index >= 15 is 0 Å². The first kappa shape index (κ1) is 15.7. The summed E-state index contributed by atoms with van der Waals surface area (Å²) in [6.45, 7) is 3.53. The van der Waals surface area contributed by atoms with Crippen LogP contribution in [0.3, 0.4) is 0 Å². The Morgan fingerprint density at radius 1 is 0.867 bits per heavy atom. The fraction of sp³-hybridized carbons (Fsp3) is 1.00. The summed E-state index contributed by atoms with van der Waals surface area (Å²) >= 11 is 11.1. The molecule has 92 valence electrons. The van der Waals surface area contributed by atoms with Crippen molar-refractivity contribution in [1.29, 1.82) is 0 Å². The average Bonchev–Trinajstić information content (AvgIpc) is 2.20. The molecular weight excluding hydrogens is 255 g/mol. The molecule has 0 aromatic carbocycles. The van der Waals surface area contributed by atoms with Crippen molar-refractivity contribution in [3.8, 4) is 0 Å². The third-order valence-electron chi connectivity index (χ3n) is 1.72. The van der Waals surface area contributed by atoms with Crippen LogP contribution in [-0.2, 0) is 13.9 Å². The molecule has 0 radical (unpaired) electrons. The molecule has 0 unspecified atom stereocenters. The van der Waals surface area contributed by atoms with Crippen molar-refractivity contribution in [1.82, 2.24) is 0 Å². The first-order chi connectivity index (χ1) is 7.27. The minimum Gasteiger partial charge on any atom is -0.428 e. The van der Waals surface area contributed by atoms with Crippen LogP contribution >= 0.6 is 23.2 Å². The molecule has 0 fully saturated rings. The highest BCUT2D eigenvalue weighted by Gasteiger charge is 1.97. The van der Waals surface area contributed by atoms with E-state index in [-0.39, 0.29) is 4.84 Å². The van der Waals surface area contributed by atoms with Crippen molar-refractivity contribution in [2.45, 2.75) is 24.1 Å². The number of rotatable bonds is 11. The second-order valence-corrected chi connectivity index (χ2v) is 4.96. The highest BCUT2D eigenvalue weighted by Crippen LogP contribution is 2.08. The second-order valence-electron chi connectivity index (χ2n) is 3.10. The molecule has 0 aromatic heterocycles. The Hall–Kier alpha value is 0.677. The molecule has 0 saturated carbocycles. The molecule has 0 aliphatic rings. The van der Waals surface area contributed by atoms with Gasteiger partial charge in [-0.2, -0.15) is 0 Å². The van der Waals surface area contributed by atoms with Crippen LogP contribution < -0.4 is 0 Å². The molecule has 0 heterocycles. The van der Waals surface area contributed by atoms with Gasteiger partial charge in [-0.15, -0.1) is 23.2 Å². The molecule has 0 rings (SSSR count). The van der Waals surface area contributed by atoms with Crippen LogP contribution in [0.5, 0.6) is 0 Å². The minimum atomic E-state index is -0.276. The summed E-state index contributed by atoms with van der Waals surface area (Å²) in [5, 5.41) is 0. The van der Waals surface area contributed by atoms with Crippen molar-refractivity contribution in [3.63, 3.8) is 0 Å². The van der Waals surface area contributed by atoms with Crippen LogP contribution in [0.4, 0.5) is 0 Å². The fourth-order valence-corrected chi connectivity index (χ4v) is 1.56. The van der Waals surface area contributed by atoms with Gasteiger partial charge in [0.15, 0.2) is 0 Å². The van der Waals surface area contributed by atoms with E-state index in [4.69, 9.17) is 37.1 Å². The van der Waals surface area contributed by atoms with E-state index in [1.807, 2.05) is 0 Å². The van der Waals surface area contributed by atoms with Gasteiger partial charge < -0.3 is 13.9 Å². The van der Waals surface area contributed by atoms with E-state index in [0.717, 1.165) is 43.0 Å². The van der Waals surface area contributed by atoms with Crippen molar-refractivity contribution >= 4 is 33.7 Å². The Morgan fingerprint density at radius 3 is 2.00 bits per heavy atom. The number of ether oxygens (including phenoxy) is 2. The van der Waals surface area contributed by atoms with Crippen molar-refractivity contribution in [2.75, 3.05) is 33.0 Å².